The summed E-state index contributed by atoms with van der Waals surface area (Å²) in [5.74, 6) is -0.133. The fourth-order valence-corrected chi connectivity index (χ4v) is 2.32. The van der Waals surface area contributed by atoms with Crippen molar-refractivity contribution in [1.82, 2.24) is 4.90 Å². The molecule has 88 valence electrons. The highest BCUT2D eigenvalue weighted by atomic mass is 16.3. The second kappa shape index (κ2) is 4.12. The van der Waals surface area contributed by atoms with Crippen molar-refractivity contribution in [3.63, 3.8) is 0 Å². The SMILES string of the molecule is CCC1(CC)CCN(C(=O)C(C)(C)O)C1. The van der Waals surface area contributed by atoms with Gasteiger partial charge in [-0.1, -0.05) is 13.8 Å². The van der Waals surface area contributed by atoms with Crippen molar-refractivity contribution in [2.45, 2.75) is 52.6 Å². The van der Waals surface area contributed by atoms with Gasteiger partial charge in [-0.2, -0.15) is 0 Å². The van der Waals surface area contributed by atoms with Crippen LogP contribution in [0.2, 0.25) is 0 Å². The second-order valence-electron chi connectivity index (χ2n) is 5.24. The molecule has 0 aromatic carbocycles. The molecule has 0 aromatic rings. The van der Waals surface area contributed by atoms with E-state index in [2.05, 4.69) is 13.8 Å². The van der Waals surface area contributed by atoms with E-state index in [1.807, 2.05) is 4.90 Å². The molecular weight excluding hydrogens is 190 g/mol. The molecule has 0 atom stereocenters. The van der Waals surface area contributed by atoms with Gasteiger partial charge in [-0.05, 0) is 38.5 Å². The molecule has 0 aliphatic carbocycles. The van der Waals surface area contributed by atoms with Gasteiger partial charge in [-0.15, -0.1) is 0 Å². The standard InChI is InChI=1S/C12H23NO2/c1-5-12(6-2)7-8-13(9-12)10(14)11(3,4)15/h15H,5-9H2,1-4H3. The molecule has 0 bridgehead atoms. The summed E-state index contributed by atoms with van der Waals surface area (Å²) >= 11 is 0. The predicted molar refractivity (Wildman–Crippen MR) is 60.5 cm³/mol. The smallest absolute Gasteiger partial charge is 0.253 e. The topological polar surface area (TPSA) is 40.5 Å². The quantitative estimate of drug-likeness (QED) is 0.776. The van der Waals surface area contributed by atoms with Crippen molar-refractivity contribution in [1.29, 1.82) is 0 Å². The number of hydrogen-bond acceptors (Lipinski definition) is 2. The third-order valence-corrected chi connectivity index (χ3v) is 3.75. The van der Waals surface area contributed by atoms with Crippen LogP contribution in [-0.4, -0.2) is 34.6 Å². The number of aliphatic hydroxyl groups is 1. The van der Waals surface area contributed by atoms with Gasteiger partial charge in [0.1, 0.15) is 5.60 Å². The van der Waals surface area contributed by atoms with Gasteiger partial charge in [0.2, 0.25) is 0 Å². The predicted octanol–water partition coefficient (Wildman–Crippen LogP) is 1.80. The molecule has 1 rings (SSSR count). The van der Waals surface area contributed by atoms with Gasteiger partial charge >= 0.3 is 0 Å². The van der Waals surface area contributed by atoms with E-state index < -0.39 is 5.60 Å². The van der Waals surface area contributed by atoms with Gasteiger partial charge in [0.25, 0.3) is 5.91 Å². The van der Waals surface area contributed by atoms with Crippen LogP contribution in [0.1, 0.15) is 47.0 Å². The van der Waals surface area contributed by atoms with Crippen LogP contribution in [0.15, 0.2) is 0 Å². The van der Waals surface area contributed by atoms with E-state index in [0.717, 1.165) is 32.4 Å². The molecule has 0 radical (unpaired) electrons. The lowest BCUT2D eigenvalue weighted by molar-refractivity contribution is -0.147. The Hall–Kier alpha value is -0.570. The Morgan fingerprint density at radius 1 is 1.40 bits per heavy atom. The summed E-state index contributed by atoms with van der Waals surface area (Å²) in [7, 11) is 0. The molecule has 0 spiro atoms. The average molecular weight is 213 g/mol. The first-order chi connectivity index (χ1) is 6.84. The Morgan fingerprint density at radius 3 is 2.27 bits per heavy atom. The van der Waals surface area contributed by atoms with E-state index in [1.54, 1.807) is 13.8 Å². The third-order valence-electron chi connectivity index (χ3n) is 3.75. The van der Waals surface area contributed by atoms with Gasteiger partial charge in [-0.3, -0.25) is 4.79 Å². The molecule has 1 heterocycles. The number of likely N-dealkylation sites (tertiary alicyclic amines) is 1. The monoisotopic (exact) mass is 213 g/mol. The molecule has 0 saturated carbocycles. The summed E-state index contributed by atoms with van der Waals surface area (Å²) in [6.45, 7) is 9.09. The van der Waals surface area contributed by atoms with E-state index in [9.17, 15) is 9.90 Å². The maximum atomic E-state index is 11.9. The first-order valence-electron chi connectivity index (χ1n) is 5.86. The molecule has 3 nitrogen and oxygen atoms in total. The molecule has 15 heavy (non-hydrogen) atoms. The van der Waals surface area contributed by atoms with E-state index in [4.69, 9.17) is 0 Å². The Kier molecular flexibility index (Phi) is 3.44. The zero-order chi connectivity index (χ0) is 11.7. The summed E-state index contributed by atoms with van der Waals surface area (Å²) in [4.78, 5) is 13.7. The third kappa shape index (κ3) is 2.51. The summed E-state index contributed by atoms with van der Waals surface area (Å²) in [5, 5.41) is 9.67. The van der Waals surface area contributed by atoms with Crippen LogP contribution in [0.25, 0.3) is 0 Å². The van der Waals surface area contributed by atoms with Crippen molar-refractivity contribution in [3.8, 4) is 0 Å². The lowest BCUT2D eigenvalue weighted by Crippen LogP contribution is -2.44. The van der Waals surface area contributed by atoms with Crippen LogP contribution in [0.3, 0.4) is 0 Å². The van der Waals surface area contributed by atoms with Crippen LogP contribution in [0, 0.1) is 5.41 Å². The lowest BCUT2D eigenvalue weighted by atomic mass is 9.82. The largest absolute Gasteiger partial charge is 0.381 e. The number of amides is 1. The van der Waals surface area contributed by atoms with Crippen molar-refractivity contribution < 1.29 is 9.90 Å². The van der Waals surface area contributed by atoms with Gasteiger partial charge in [-0.25, -0.2) is 0 Å². The minimum Gasteiger partial charge on any atom is -0.381 e. The lowest BCUT2D eigenvalue weighted by Gasteiger charge is -2.29. The van der Waals surface area contributed by atoms with Gasteiger partial charge in [0, 0.05) is 13.1 Å². The maximum Gasteiger partial charge on any atom is 0.253 e. The summed E-state index contributed by atoms with van der Waals surface area (Å²) in [6, 6.07) is 0. The van der Waals surface area contributed by atoms with Crippen molar-refractivity contribution >= 4 is 5.91 Å². The highest BCUT2D eigenvalue weighted by Crippen LogP contribution is 2.37. The first-order valence-corrected chi connectivity index (χ1v) is 5.86. The molecule has 0 unspecified atom stereocenters. The Morgan fingerprint density at radius 2 is 1.93 bits per heavy atom. The zero-order valence-corrected chi connectivity index (χ0v) is 10.3. The minimum atomic E-state index is -1.22. The highest BCUT2D eigenvalue weighted by Gasteiger charge is 2.40. The Bertz CT molecular complexity index is 238. The van der Waals surface area contributed by atoms with E-state index in [1.165, 1.54) is 0 Å². The van der Waals surface area contributed by atoms with E-state index in [-0.39, 0.29) is 5.91 Å². The minimum absolute atomic E-state index is 0.133. The summed E-state index contributed by atoms with van der Waals surface area (Å²) in [5.41, 5.74) is -0.932. The van der Waals surface area contributed by atoms with Crippen LogP contribution in [-0.2, 0) is 4.79 Å². The first kappa shape index (κ1) is 12.5. The Balaban J connectivity index is 2.68. The number of carbonyl (C=O) groups is 1. The summed E-state index contributed by atoms with van der Waals surface area (Å²) < 4.78 is 0. The van der Waals surface area contributed by atoms with Crippen LogP contribution in [0.5, 0.6) is 0 Å². The number of carbonyl (C=O) groups excluding carboxylic acids is 1. The van der Waals surface area contributed by atoms with E-state index >= 15 is 0 Å². The van der Waals surface area contributed by atoms with Crippen molar-refractivity contribution in [2.75, 3.05) is 13.1 Å². The van der Waals surface area contributed by atoms with Crippen molar-refractivity contribution in [2.24, 2.45) is 5.41 Å². The fourth-order valence-electron chi connectivity index (χ4n) is 2.32. The average Bonchev–Trinajstić information content (AvgIpc) is 2.60. The fraction of sp³-hybridized carbons (Fsp3) is 0.917. The van der Waals surface area contributed by atoms with Crippen LogP contribution in [0.4, 0.5) is 0 Å². The van der Waals surface area contributed by atoms with Gasteiger partial charge in [0.15, 0.2) is 0 Å². The molecule has 1 amide bonds. The molecule has 1 aliphatic heterocycles. The molecule has 1 aliphatic rings. The molecule has 0 aromatic heterocycles. The summed E-state index contributed by atoms with van der Waals surface area (Å²) in [6.07, 6.45) is 3.29. The zero-order valence-electron chi connectivity index (χ0n) is 10.3. The van der Waals surface area contributed by atoms with E-state index in [0.29, 0.717) is 5.41 Å². The number of hydrogen-bond donors (Lipinski definition) is 1. The molecular formula is C12H23NO2. The molecule has 1 saturated heterocycles. The molecule has 1 fully saturated rings. The second-order valence-corrected chi connectivity index (χ2v) is 5.24. The Labute approximate surface area is 92.5 Å². The normalized spacial score (nSPS) is 20.7. The maximum absolute atomic E-state index is 11.9. The number of nitrogens with zero attached hydrogens (tertiary/aromatic N) is 1. The number of rotatable bonds is 3. The van der Waals surface area contributed by atoms with Crippen molar-refractivity contribution in [3.05, 3.63) is 0 Å². The van der Waals surface area contributed by atoms with Crippen LogP contribution < -0.4 is 0 Å². The van der Waals surface area contributed by atoms with Gasteiger partial charge in [0.05, 0.1) is 0 Å². The van der Waals surface area contributed by atoms with Crippen LogP contribution >= 0.6 is 0 Å². The molecule has 3 heteroatoms. The highest BCUT2D eigenvalue weighted by molar-refractivity contribution is 5.84. The van der Waals surface area contributed by atoms with Gasteiger partial charge < -0.3 is 10.0 Å². The molecule has 1 N–H and O–H groups in total.